The van der Waals surface area contributed by atoms with Crippen LogP contribution in [0.5, 0.6) is 0 Å². The lowest BCUT2D eigenvalue weighted by atomic mass is 10.1. The standard InChI is InChI=1S/C15H22N2O2S/c18-15(14-11-20-9-7-16-14)17(12-4-1-2-5-12)10-13-6-3-8-19-13/h3,6,8,12,14,16H,1-2,4-5,7,9-11H2. The summed E-state index contributed by atoms with van der Waals surface area (Å²) < 4.78 is 5.44. The fourth-order valence-corrected chi connectivity index (χ4v) is 4.02. The van der Waals surface area contributed by atoms with E-state index in [2.05, 4.69) is 10.2 Å². The fraction of sp³-hybridized carbons (Fsp3) is 0.667. The Balaban J connectivity index is 1.71. The summed E-state index contributed by atoms with van der Waals surface area (Å²) in [6, 6.07) is 4.21. The van der Waals surface area contributed by atoms with Gasteiger partial charge in [0.25, 0.3) is 0 Å². The van der Waals surface area contributed by atoms with Gasteiger partial charge < -0.3 is 14.6 Å². The molecule has 0 spiro atoms. The predicted molar refractivity (Wildman–Crippen MR) is 80.6 cm³/mol. The van der Waals surface area contributed by atoms with Crippen molar-refractivity contribution in [3.8, 4) is 0 Å². The van der Waals surface area contributed by atoms with Crippen LogP contribution < -0.4 is 5.32 Å². The summed E-state index contributed by atoms with van der Waals surface area (Å²) in [6.45, 7) is 1.54. The van der Waals surface area contributed by atoms with Crippen LogP contribution in [0.25, 0.3) is 0 Å². The van der Waals surface area contributed by atoms with Gasteiger partial charge in [-0.15, -0.1) is 0 Å². The molecule has 3 rings (SSSR count). The second-order valence-corrected chi connectivity index (χ2v) is 6.72. The van der Waals surface area contributed by atoms with Crippen LogP contribution in [0.2, 0.25) is 0 Å². The zero-order valence-electron chi connectivity index (χ0n) is 11.7. The third kappa shape index (κ3) is 3.20. The molecule has 0 aromatic carbocycles. The second kappa shape index (κ2) is 6.68. The van der Waals surface area contributed by atoms with Crippen LogP contribution in [0.15, 0.2) is 22.8 Å². The SMILES string of the molecule is O=C(C1CSCCN1)N(Cc1ccco1)C1CCCC1. The molecule has 110 valence electrons. The number of nitrogens with zero attached hydrogens (tertiary/aromatic N) is 1. The van der Waals surface area contributed by atoms with E-state index in [1.165, 1.54) is 12.8 Å². The van der Waals surface area contributed by atoms with Crippen molar-refractivity contribution in [2.24, 2.45) is 0 Å². The van der Waals surface area contributed by atoms with Gasteiger partial charge in [-0.25, -0.2) is 0 Å². The van der Waals surface area contributed by atoms with Crippen molar-refractivity contribution in [2.75, 3.05) is 18.1 Å². The summed E-state index contributed by atoms with van der Waals surface area (Å²) in [4.78, 5) is 14.9. The summed E-state index contributed by atoms with van der Waals surface area (Å²) in [6.07, 6.45) is 6.42. The van der Waals surface area contributed by atoms with Crippen LogP contribution >= 0.6 is 11.8 Å². The topological polar surface area (TPSA) is 45.5 Å². The number of nitrogens with one attached hydrogen (secondary N) is 1. The Morgan fingerprint density at radius 2 is 2.30 bits per heavy atom. The molecule has 5 heteroatoms. The van der Waals surface area contributed by atoms with Gasteiger partial charge in [-0.2, -0.15) is 11.8 Å². The van der Waals surface area contributed by atoms with E-state index in [-0.39, 0.29) is 11.9 Å². The van der Waals surface area contributed by atoms with Gasteiger partial charge in [0.15, 0.2) is 0 Å². The molecule has 1 atom stereocenters. The predicted octanol–water partition coefficient (Wildman–Crippen LogP) is 2.26. The van der Waals surface area contributed by atoms with Crippen molar-refractivity contribution in [1.82, 2.24) is 10.2 Å². The average Bonchev–Trinajstić information content (AvgIpc) is 3.18. The molecule has 1 saturated carbocycles. The van der Waals surface area contributed by atoms with E-state index in [9.17, 15) is 4.79 Å². The Labute approximate surface area is 124 Å². The number of thioether (sulfide) groups is 1. The molecule has 1 aliphatic carbocycles. The number of furan rings is 1. The molecule has 1 aromatic rings. The molecule has 1 N–H and O–H groups in total. The number of amides is 1. The molecule has 2 aliphatic rings. The lowest BCUT2D eigenvalue weighted by Crippen LogP contribution is -2.52. The molecule has 20 heavy (non-hydrogen) atoms. The highest BCUT2D eigenvalue weighted by atomic mass is 32.2. The molecule has 1 saturated heterocycles. The lowest BCUT2D eigenvalue weighted by molar-refractivity contribution is -0.136. The van der Waals surface area contributed by atoms with Gasteiger partial charge in [0.1, 0.15) is 5.76 Å². The minimum atomic E-state index is -0.0238. The molecule has 1 aromatic heterocycles. The van der Waals surface area contributed by atoms with Crippen LogP contribution in [-0.2, 0) is 11.3 Å². The highest BCUT2D eigenvalue weighted by molar-refractivity contribution is 7.99. The third-order valence-electron chi connectivity index (χ3n) is 4.17. The molecule has 2 fully saturated rings. The maximum atomic E-state index is 12.8. The summed E-state index contributed by atoms with van der Waals surface area (Å²) in [5, 5.41) is 3.36. The van der Waals surface area contributed by atoms with E-state index in [1.54, 1.807) is 6.26 Å². The molecule has 0 bridgehead atoms. The van der Waals surface area contributed by atoms with E-state index >= 15 is 0 Å². The first-order valence-corrected chi connectivity index (χ1v) is 8.64. The summed E-state index contributed by atoms with van der Waals surface area (Å²) in [5.74, 6) is 3.13. The van der Waals surface area contributed by atoms with E-state index in [0.717, 1.165) is 36.7 Å². The van der Waals surface area contributed by atoms with Crippen molar-refractivity contribution in [3.63, 3.8) is 0 Å². The van der Waals surface area contributed by atoms with E-state index in [1.807, 2.05) is 23.9 Å². The molecule has 1 amide bonds. The number of carbonyl (C=O) groups excluding carboxylic acids is 1. The van der Waals surface area contributed by atoms with E-state index in [4.69, 9.17) is 4.42 Å². The monoisotopic (exact) mass is 294 g/mol. The Hall–Kier alpha value is -0.940. The van der Waals surface area contributed by atoms with Gasteiger partial charge in [-0.3, -0.25) is 4.79 Å². The molecule has 2 heterocycles. The maximum Gasteiger partial charge on any atom is 0.241 e. The summed E-state index contributed by atoms with van der Waals surface area (Å²) in [5.41, 5.74) is 0. The summed E-state index contributed by atoms with van der Waals surface area (Å²) >= 11 is 1.87. The first kappa shape index (κ1) is 14.0. The van der Waals surface area contributed by atoms with Gasteiger partial charge in [-0.1, -0.05) is 12.8 Å². The molecule has 4 nitrogen and oxygen atoms in total. The normalized spacial score (nSPS) is 23.9. The van der Waals surface area contributed by atoms with Crippen LogP contribution in [0.3, 0.4) is 0 Å². The largest absolute Gasteiger partial charge is 0.467 e. The van der Waals surface area contributed by atoms with Crippen LogP contribution in [0.1, 0.15) is 31.4 Å². The van der Waals surface area contributed by atoms with Gasteiger partial charge in [0.05, 0.1) is 18.8 Å². The maximum absolute atomic E-state index is 12.8. The Bertz CT molecular complexity index is 423. The first-order valence-electron chi connectivity index (χ1n) is 7.48. The van der Waals surface area contributed by atoms with Crippen molar-refractivity contribution in [2.45, 2.75) is 44.3 Å². The van der Waals surface area contributed by atoms with Gasteiger partial charge in [0.2, 0.25) is 5.91 Å². The fourth-order valence-electron chi connectivity index (χ4n) is 3.10. The van der Waals surface area contributed by atoms with Crippen molar-refractivity contribution in [3.05, 3.63) is 24.2 Å². The van der Waals surface area contributed by atoms with Gasteiger partial charge >= 0.3 is 0 Å². The van der Waals surface area contributed by atoms with Crippen molar-refractivity contribution >= 4 is 17.7 Å². The number of hydrogen-bond donors (Lipinski definition) is 1. The van der Waals surface area contributed by atoms with Crippen LogP contribution in [0, 0.1) is 0 Å². The van der Waals surface area contributed by atoms with E-state index in [0.29, 0.717) is 12.6 Å². The quantitative estimate of drug-likeness (QED) is 0.925. The Kier molecular flexibility index (Phi) is 4.68. The minimum Gasteiger partial charge on any atom is -0.467 e. The highest BCUT2D eigenvalue weighted by Gasteiger charge is 2.32. The molecular weight excluding hydrogens is 272 g/mol. The average molecular weight is 294 g/mol. The number of hydrogen-bond acceptors (Lipinski definition) is 4. The van der Waals surface area contributed by atoms with Crippen molar-refractivity contribution in [1.29, 1.82) is 0 Å². The van der Waals surface area contributed by atoms with Crippen molar-refractivity contribution < 1.29 is 9.21 Å². The Morgan fingerprint density at radius 1 is 1.45 bits per heavy atom. The van der Waals surface area contributed by atoms with Crippen LogP contribution in [-0.4, -0.2) is 40.9 Å². The molecule has 1 aliphatic heterocycles. The minimum absolute atomic E-state index is 0.0238. The Morgan fingerprint density at radius 3 is 2.95 bits per heavy atom. The number of rotatable bonds is 4. The number of carbonyl (C=O) groups is 1. The lowest BCUT2D eigenvalue weighted by Gasteiger charge is -2.33. The van der Waals surface area contributed by atoms with Crippen LogP contribution in [0.4, 0.5) is 0 Å². The summed E-state index contributed by atoms with van der Waals surface area (Å²) in [7, 11) is 0. The highest BCUT2D eigenvalue weighted by Crippen LogP contribution is 2.26. The smallest absolute Gasteiger partial charge is 0.241 e. The van der Waals surface area contributed by atoms with Gasteiger partial charge in [-0.05, 0) is 25.0 Å². The second-order valence-electron chi connectivity index (χ2n) is 5.57. The molecule has 0 radical (unpaired) electrons. The third-order valence-corrected chi connectivity index (χ3v) is 5.24. The zero-order valence-corrected chi connectivity index (χ0v) is 12.5. The van der Waals surface area contributed by atoms with E-state index < -0.39 is 0 Å². The van der Waals surface area contributed by atoms with Gasteiger partial charge in [0, 0.05) is 24.1 Å². The molecular formula is C15H22N2O2S. The zero-order chi connectivity index (χ0) is 13.8. The molecule has 1 unspecified atom stereocenters. The first-order chi connectivity index (χ1) is 9.84.